The molecule has 2 rings (SSSR count). The van der Waals surface area contributed by atoms with Crippen molar-refractivity contribution in [2.45, 2.75) is 32.2 Å². The number of sulfonamides is 1. The quantitative estimate of drug-likeness (QED) is 0.754. The molecule has 0 fully saturated rings. The minimum atomic E-state index is -3.77. The first-order valence-corrected chi connectivity index (χ1v) is 10.2. The van der Waals surface area contributed by atoms with Crippen LogP contribution in [0.1, 0.15) is 35.3 Å². The van der Waals surface area contributed by atoms with Crippen LogP contribution in [0, 0.1) is 12.8 Å². The molecule has 2 aromatic carbocycles. The van der Waals surface area contributed by atoms with E-state index < -0.39 is 10.0 Å². The molecule has 0 atom stereocenters. The van der Waals surface area contributed by atoms with Gasteiger partial charge in [0.25, 0.3) is 5.91 Å². The van der Waals surface area contributed by atoms with Crippen molar-refractivity contribution in [3.05, 3.63) is 64.2 Å². The first-order chi connectivity index (χ1) is 12.2. The fourth-order valence-electron chi connectivity index (χ4n) is 2.30. The van der Waals surface area contributed by atoms with E-state index in [1.807, 2.05) is 13.8 Å². The van der Waals surface area contributed by atoms with Gasteiger partial charge in [0.05, 0.1) is 4.90 Å². The summed E-state index contributed by atoms with van der Waals surface area (Å²) in [6, 6.07) is 11.6. The van der Waals surface area contributed by atoms with Crippen LogP contribution in [0.4, 0.5) is 0 Å². The van der Waals surface area contributed by atoms with Crippen molar-refractivity contribution in [2.75, 3.05) is 6.54 Å². The van der Waals surface area contributed by atoms with E-state index in [2.05, 4.69) is 10.0 Å². The van der Waals surface area contributed by atoms with Crippen molar-refractivity contribution < 1.29 is 13.2 Å². The van der Waals surface area contributed by atoms with Crippen LogP contribution in [0.25, 0.3) is 0 Å². The number of carbonyl (C=O) groups excluding carboxylic acids is 1. The number of aryl methyl sites for hydroxylation is 1. The van der Waals surface area contributed by atoms with E-state index in [1.165, 1.54) is 12.1 Å². The summed E-state index contributed by atoms with van der Waals surface area (Å²) in [5.74, 6) is 0.0304. The van der Waals surface area contributed by atoms with Crippen molar-refractivity contribution in [2.24, 2.45) is 5.92 Å². The number of hydrogen-bond acceptors (Lipinski definition) is 3. The second-order valence-corrected chi connectivity index (χ2v) is 8.67. The number of benzene rings is 2. The van der Waals surface area contributed by atoms with Gasteiger partial charge in [-0.25, -0.2) is 13.1 Å². The van der Waals surface area contributed by atoms with Crippen molar-refractivity contribution in [3.63, 3.8) is 0 Å². The molecule has 0 unspecified atom stereocenters. The zero-order chi connectivity index (χ0) is 19.3. The Morgan fingerprint density at radius 1 is 1.15 bits per heavy atom. The topological polar surface area (TPSA) is 75.3 Å². The average Bonchev–Trinajstić information content (AvgIpc) is 2.59. The fraction of sp³-hybridized carbons (Fsp3) is 0.316. The van der Waals surface area contributed by atoms with Gasteiger partial charge in [0, 0.05) is 23.7 Å². The number of amides is 1. The first kappa shape index (κ1) is 20.4. The lowest BCUT2D eigenvalue weighted by atomic mass is 10.1. The fourth-order valence-corrected chi connectivity index (χ4v) is 3.54. The summed E-state index contributed by atoms with van der Waals surface area (Å²) in [4.78, 5) is 12.4. The maximum atomic E-state index is 12.6. The molecule has 0 aliphatic rings. The van der Waals surface area contributed by atoms with Crippen LogP contribution in [-0.2, 0) is 16.6 Å². The van der Waals surface area contributed by atoms with Crippen LogP contribution in [-0.4, -0.2) is 20.9 Å². The zero-order valence-corrected chi connectivity index (χ0v) is 16.6. The maximum absolute atomic E-state index is 12.6. The SMILES string of the molecule is Cc1ccc(S(=O)(=O)NCc2ccccc2Cl)cc1C(=O)NCC(C)C. The van der Waals surface area contributed by atoms with Crippen LogP contribution < -0.4 is 10.0 Å². The smallest absolute Gasteiger partial charge is 0.251 e. The van der Waals surface area contributed by atoms with Gasteiger partial charge in [-0.15, -0.1) is 0 Å². The van der Waals surface area contributed by atoms with E-state index in [1.54, 1.807) is 37.3 Å². The minimum absolute atomic E-state index is 0.0462. The molecule has 0 aromatic heterocycles. The molecule has 2 aromatic rings. The lowest BCUT2D eigenvalue weighted by molar-refractivity contribution is 0.0948. The van der Waals surface area contributed by atoms with Gasteiger partial charge < -0.3 is 5.32 Å². The third kappa shape index (κ3) is 5.30. The second kappa shape index (κ2) is 8.66. The molecule has 0 aliphatic heterocycles. The Hall–Kier alpha value is -1.89. The highest BCUT2D eigenvalue weighted by molar-refractivity contribution is 7.89. The summed E-state index contributed by atoms with van der Waals surface area (Å²) in [6.07, 6.45) is 0. The zero-order valence-electron chi connectivity index (χ0n) is 15.0. The Morgan fingerprint density at radius 3 is 2.50 bits per heavy atom. The van der Waals surface area contributed by atoms with Gasteiger partial charge in [-0.1, -0.05) is 49.7 Å². The number of carbonyl (C=O) groups is 1. The molecule has 0 radical (unpaired) electrons. The molecule has 140 valence electrons. The van der Waals surface area contributed by atoms with Crippen molar-refractivity contribution in [1.29, 1.82) is 0 Å². The van der Waals surface area contributed by atoms with E-state index in [4.69, 9.17) is 11.6 Å². The van der Waals surface area contributed by atoms with Gasteiger partial charge in [-0.05, 0) is 42.2 Å². The second-order valence-electron chi connectivity index (χ2n) is 6.50. The van der Waals surface area contributed by atoms with Gasteiger partial charge >= 0.3 is 0 Å². The van der Waals surface area contributed by atoms with Gasteiger partial charge in [0.1, 0.15) is 0 Å². The predicted molar refractivity (Wildman–Crippen MR) is 104 cm³/mol. The van der Waals surface area contributed by atoms with Gasteiger partial charge in [-0.2, -0.15) is 0 Å². The highest BCUT2D eigenvalue weighted by atomic mass is 35.5. The van der Waals surface area contributed by atoms with E-state index in [0.29, 0.717) is 28.6 Å². The Balaban J connectivity index is 2.20. The molecule has 0 aliphatic carbocycles. The standard InChI is InChI=1S/C19H23ClN2O3S/c1-13(2)11-21-19(23)17-10-16(9-8-14(17)3)26(24,25)22-12-15-6-4-5-7-18(15)20/h4-10,13,22H,11-12H2,1-3H3,(H,21,23). The van der Waals surface area contributed by atoms with Crippen LogP contribution in [0.5, 0.6) is 0 Å². The van der Waals surface area contributed by atoms with Crippen molar-refractivity contribution >= 4 is 27.5 Å². The highest BCUT2D eigenvalue weighted by Crippen LogP contribution is 2.18. The third-order valence-corrected chi connectivity index (χ3v) is 5.61. The summed E-state index contributed by atoms with van der Waals surface area (Å²) < 4.78 is 27.7. The molecule has 5 nitrogen and oxygen atoms in total. The maximum Gasteiger partial charge on any atom is 0.251 e. The molecule has 0 saturated heterocycles. The average molecular weight is 395 g/mol. The summed E-state index contributed by atoms with van der Waals surface area (Å²) in [7, 11) is -3.77. The Morgan fingerprint density at radius 2 is 1.85 bits per heavy atom. The minimum Gasteiger partial charge on any atom is -0.352 e. The number of rotatable bonds is 7. The van der Waals surface area contributed by atoms with Crippen LogP contribution >= 0.6 is 11.6 Å². The number of nitrogens with one attached hydrogen (secondary N) is 2. The monoisotopic (exact) mass is 394 g/mol. The van der Waals surface area contributed by atoms with Gasteiger partial charge in [-0.3, -0.25) is 4.79 Å². The van der Waals surface area contributed by atoms with E-state index in [-0.39, 0.29) is 17.3 Å². The molecule has 0 heterocycles. The Kier molecular flexibility index (Phi) is 6.81. The van der Waals surface area contributed by atoms with Crippen LogP contribution in [0.15, 0.2) is 47.4 Å². The van der Waals surface area contributed by atoms with Gasteiger partial charge in [0.2, 0.25) is 10.0 Å². The molecule has 0 bridgehead atoms. The molecule has 0 saturated carbocycles. The Labute approximate surface area is 159 Å². The first-order valence-electron chi connectivity index (χ1n) is 8.32. The van der Waals surface area contributed by atoms with Crippen molar-refractivity contribution in [1.82, 2.24) is 10.0 Å². The van der Waals surface area contributed by atoms with Crippen LogP contribution in [0.2, 0.25) is 5.02 Å². The number of halogens is 1. The number of hydrogen-bond donors (Lipinski definition) is 2. The normalized spacial score (nSPS) is 11.6. The summed E-state index contributed by atoms with van der Waals surface area (Å²) >= 11 is 6.06. The van der Waals surface area contributed by atoms with Crippen molar-refractivity contribution in [3.8, 4) is 0 Å². The van der Waals surface area contributed by atoms with Gasteiger partial charge in [0.15, 0.2) is 0 Å². The third-order valence-electron chi connectivity index (χ3n) is 3.85. The summed E-state index contributed by atoms with van der Waals surface area (Å²) in [6.45, 7) is 6.36. The molecular formula is C19H23ClN2O3S. The van der Waals surface area contributed by atoms with E-state index in [0.717, 1.165) is 5.56 Å². The Bertz CT molecular complexity index is 895. The molecule has 2 N–H and O–H groups in total. The van der Waals surface area contributed by atoms with E-state index in [9.17, 15) is 13.2 Å². The summed E-state index contributed by atoms with van der Waals surface area (Å²) in [5, 5.41) is 3.30. The molecule has 1 amide bonds. The molecular weight excluding hydrogens is 372 g/mol. The largest absolute Gasteiger partial charge is 0.352 e. The summed E-state index contributed by atoms with van der Waals surface area (Å²) in [5.41, 5.74) is 1.75. The lowest BCUT2D eigenvalue weighted by Crippen LogP contribution is -2.28. The molecule has 26 heavy (non-hydrogen) atoms. The molecule has 7 heteroatoms. The lowest BCUT2D eigenvalue weighted by Gasteiger charge is -2.12. The highest BCUT2D eigenvalue weighted by Gasteiger charge is 2.18. The molecule has 0 spiro atoms. The van der Waals surface area contributed by atoms with Crippen LogP contribution in [0.3, 0.4) is 0 Å². The predicted octanol–water partition coefficient (Wildman–Crippen LogP) is 3.51. The van der Waals surface area contributed by atoms with E-state index >= 15 is 0 Å².